The summed E-state index contributed by atoms with van der Waals surface area (Å²) in [5.41, 5.74) is 5.20. The van der Waals surface area contributed by atoms with Crippen LogP contribution in [-0.2, 0) is 11.8 Å². The highest BCUT2D eigenvalue weighted by Gasteiger charge is 2.16. The second-order valence-electron chi connectivity index (χ2n) is 4.78. The molecule has 0 aliphatic heterocycles. The van der Waals surface area contributed by atoms with Gasteiger partial charge in [0.1, 0.15) is 0 Å². The third kappa shape index (κ3) is 2.73. The Balaban J connectivity index is 3.44. The lowest BCUT2D eigenvalue weighted by Gasteiger charge is -2.21. The summed E-state index contributed by atoms with van der Waals surface area (Å²) in [6, 6.07) is 4.32. The lowest BCUT2D eigenvalue weighted by Crippen LogP contribution is -2.05. The van der Waals surface area contributed by atoms with E-state index >= 15 is 0 Å². The highest BCUT2D eigenvalue weighted by molar-refractivity contribution is 6.18. The molecular formula is C14H20Cl2. The Labute approximate surface area is 109 Å². The van der Waals surface area contributed by atoms with E-state index < -0.39 is 0 Å². The van der Waals surface area contributed by atoms with Crippen LogP contribution in [0.5, 0.6) is 0 Å². The van der Waals surface area contributed by atoms with Crippen molar-refractivity contribution in [2.24, 2.45) is 0 Å². The molecule has 90 valence electrons. The molecule has 0 radical (unpaired) electrons. The minimum absolute atomic E-state index is 0.495. The summed E-state index contributed by atoms with van der Waals surface area (Å²) in [6.07, 6.45) is 0. The van der Waals surface area contributed by atoms with Gasteiger partial charge >= 0.3 is 0 Å². The molecule has 0 amide bonds. The molecule has 1 rings (SSSR count). The summed E-state index contributed by atoms with van der Waals surface area (Å²) in [7, 11) is 0. The van der Waals surface area contributed by atoms with Gasteiger partial charge in [-0.2, -0.15) is 0 Å². The third-order valence-electron chi connectivity index (χ3n) is 2.96. The van der Waals surface area contributed by atoms with E-state index in [9.17, 15) is 0 Å². The molecule has 0 atom stereocenters. The molecule has 0 bridgehead atoms. The number of hydrogen-bond acceptors (Lipinski definition) is 0. The van der Waals surface area contributed by atoms with E-state index in [-0.39, 0.29) is 0 Å². The molecule has 0 nitrogen and oxygen atoms in total. The third-order valence-corrected chi connectivity index (χ3v) is 3.52. The van der Waals surface area contributed by atoms with Gasteiger partial charge < -0.3 is 0 Å². The van der Waals surface area contributed by atoms with Gasteiger partial charge in [0.15, 0.2) is 0 Å². The smallest absolute Gasteiger partial charge is 0.0480 e. The Morgan fingerprint density at radius 3 is 1.94 bits per heavy atom. The molecule has 1 aromatic carbocycles. The molecule has 0 saturated carbocycles. The zero-order chi connectivity index (χ0) is 12.3. The zero-order valence-electron chi connectivity index (χ0n) is 10.5. The van der Waals surface area contributed by atoms with Gasteiger partial charge in [0.25, 0.3) is 0 Å². The maximum absolute atomic E-state index is 6.08. The van der Waals surface area contributed by atoms with E-state index in [1.54, 1.807) is 0 Å². The summed E-state index contributed by atoms with van der Waals surface area (Å²) in [5.74, 6) is 2.12. The van der Waals surface area contributed by atoms with Crippen molar-refractivity contribution >= 4 is 23.2 Å². The Kier molecular flexibility index (Phi) is 5.14. The molecule has 0 saturated heterocycles. The molecule has 0 aromatic heterocycles. The largest absolute Gasteiger partial charge is 0.122 e. The molecule has 0 spiro atoms. The molecule has 0 unspecified atom stereocenters. The van der Waals surface area contributed by atoms with Crippen molar-refractivity contribution in [1.29, 1.82) is 0 Å². The summed E-state index contributed by atoms with van der Waals surface area (Å²) < 4.78 is 0. The van der Waals surface area contributed by atoms with Gasteiger partial charge in [-0.1, -0.05) is 39.8 Å². The minimum atomic E-state index is 0.495. The van der Waals surface area contributed by atoms with Crippen LogP contribution < -0.4 is 0 Å². The first kappa shape index (κ1) is 13.9. The Morgan fingerprint density at radius 1 is 0.938 bits per heavy atom. The molecule has 0 heterocycles. The summed E-state index contributed by atoms with van der Waals surface area (Å²) in [6.45, 7) is 8.88. The van der Waals surface area contributed by atoms with Crippen LogP contribution in [0.15, 0.2) is 12.1 Å². The summed E-state index contributed by atoms with van der Waals surface area (Å²) in [5, 5.41) is 0. The molecular weight excluding hydrogens is 239 g/mol. The number of hydrogen-bond donors (Lipinski definition) is 0. The van der Waals surface area contributed by atoms with Crippen LogP contribution in [0.25, 0.3) is 0 Å². The van der Waals surface area contributed by atoms with Crippen LogP contribution in [0.1, 0.15) is 61.8 Å². The van der Waals surface area contributed by atoms with E-state index in [0.29, 0.717) is 23.6 Å². The lowest BCUT2D eigenvalue weighted by molar-refractivity contribution is 0.779. The van der Waals surface area contributed by atoms with Crippen LogP contribution in [0.2, 0.25) is 0 Å². The zero-order valence-corrected chi connectivity index (χ0v) is 12.0. The van der Waals surface area contributed by atoms with Crippen molar-refractivity contribution in [3.05, 3.63) is 34.4 Å². The monoisotopic (exact) mass is 258 g/mol. The van der Waals surface area contributed by atoms with Crippen molar-refractivity contribution in [1.82, 2.24) is 0 Å². The van der Waals surface area contributed by atoms with Gasteiger partial charge in [0.05, 0.1) is 0 Å². The van der Waals surface area contributed by atoms with Crippen molar-refractivity contribution in [3.63, 3.8) is 0 Å². The van der Waals surface area contributed by atoms with Gasteiger partial charge in [-0.25, -0.2) is 0 Å². The van der Waals surface area contributed by atoms with Crippen molar-refractivity contribution < 1.29 is 0 Å². The normalized spacial score (nSPS) is 11.5. The van der Waals surface area contributed by atoms with Crippen LogP contribution in [0, 0.1) is 0 Å². The molecule has 0 aliphatic rings. The SMILES string of the molecule is CC(C)c1ccc(CCl)c(CCl)c1C(C)C. The van der Waals surface area contributed by atoms with Crippen LogP contribution in [-0.4, -0.2) is 0 Å². The van der Waals surface area contributed by atoms with E-state index in [0.717, 1.165) is 0 Å². The molecule has 0 fully saturated rings. The van der Waals surface area contributed by atoms with Gasteiger partial charge in [-0.3, -0.25) is 0 Å². The van der Waals surface area contributed by atoms with Gasteiger partial charge in [-0.05, 0) is 34.1 Å². The molecule has 0 N–H and O–H groups in total. The van der Waals surface area contributed by atoms with Crippen molar-refractivity contribution in [2.75, 3.05) is 0 Å². The van der Waals surface area contributed by atoms with Gasteiger partial charge in [0.2, 0.25) is 0 Å². The van der Waals surface area contributed by atoms with E-state index in [1.807, 2.05) is 0 Å². The maximum atomic E-state index is 6.08. The highest BCUT2D eigenvalue weighted by atomic mass is 35.5. The fourth-order valence-corrected chi connectivity index (χ4v) is 2.76. The van der Waals surface area contributed by atoms with Crippen molar-refractivity contribution in [2.45, 2.75) is 51.3 Å². The lowest BCUT2D eigenvalue weighted by atomic mass is 9.85. The average Bonchev–Trinajstić information content (AvgIpc) is 2.26. The fraction of sp³-hybridized carbons (Fsp3) is 0.571. The summed E-state index contributed by atoms with van der Waals surface area (Å²) >= 11 is 12.0. The van der Waals surface area contributed by atoms with Crippen LogP contribution in [0.4, 0.5) is 0 Å². The number of rotatable bonds is 4. The number of benzene rings is 1. The van der Waals surface area contributed by atoms with E-state index in [4.69, 9.17) is 23.2 Å². The van der Waals surface area contributed by atoms with Gasteiger partial charge in [0, 0.05) is 11.8 Å². The Hall–Kier alpha value is -0.200. The molecule has 2 heteroatoms. The Bertz CT molecular complexity index is 354. The average molecular weight is 259 g/mol. The van der Waals surface area contributed by atoms with Crippen LogP contribution >= 0.6 is 23.2 Å². The Morgan fingerprint density at radius 2 is 1.56 bits per heavy atom. The maximum Gasteiger partial charge on any atom is 0.0480 e. The number of alkyl halides is 2. The molecule has 16 heavy (non-hydrogen) atoms. The standard InChI is InChI=1S/C14H20Cl2/c1-9(2)12-6-5-11(7-15)13(8-16)14(12)10(3)4/h5-6,9-10H,7-8H2,1-4H3. The summed E-state index contributed by atoms with van der Waals surface area (Å²) in [4.78, 5) is 0. The predicted octanol–water partition coefficient (Wildman–Crippen LogP) is 5.41. The first-order valence-corrected chi connectivity index (χ1v) is 6.86. The predicted molar refractivity (Wildman–Crippen MR) is 73.7 cm³/mol. The van der Waals surface area contributed by atoms with Crippen molar-refractivity contribution in [3.8, 4) is 0 Å². The first-order valence-electron chi connectivity index (χ1n) is 5.79. The van der Waals surface area contributed by atoms with Gasteiger partial charge in [-0.15, -0.1) is 23.2 Å². The minimum Gasteiger partial charge on any atom is -0.122 e. The molecule has 1 aromatic rings. The fourth-order valence-electron chi connectivity index (χ4n) is 2.20. The second-order valence-corrected chi connectivity index (χ2v) is 5.32. The van der Waals surface area contributed by atoms with Crippen LogP contribution in [0.3, 0.4) is 0 Å². The first-order chi connectivity index (χ1) is 7.52. The topological polar surface area (TPSA) is 0 Å². The number of halogens is 2. The van der Waals surface area contributed by atoms with E-state index in [2.05, 4.69) is 39.8 Å². The highest BCUT2D eigenvalue weighted by Crippen LogP contribution is 2.33. The quantitative estimate of drug-likeness (QED) is 0.634. The molecule has 0 aliphatic carbocycles. The van der Waals surface area contributed by atoms with E-state index in [1.165, 1.54) is 22.3 Å². The second kappa shape index (κ2) is 5.93.